The molecular formula is C10H7N5O6. The Balaban J connectivity index is 2.53. The van der Waals surface area contributed by atoms with E-state index in [1.807, 2.05) is 0 Å². The van der Waals surface area contributed by atoms with Crippen LogP contribution in [-0.4, -0.2) is 35.5 Å². The van der Waals surface area contributed by atoms with Crippen LogP contribution in [0.2, 0.25) is 0 Å². The summed E-state index contributed by atoms with van der Waals surface area (Å²) in [5, 5.41) is 19.6. The molecule has 108 valence electrons. The Morgan fingerprint density at radius 3 is 2.81 bits per heavy atom. The van der Waals surface area contributed by atoms with Crippen molar-refractivity contribution in [2.45, 2.75) is 6.54 Å². The molecule has 0 saturated heterocycles. The number of nitrogens with zero attached hydrogens (tertiary/aromatic N) is 4. The van der Waals surface area contributed by atoms with Crippen molar-refractivity contribution in [3.05, 3.63) is 60.9 Å². The highest BCUT2D eigenvalue weighted by molar-refractivity contribution is 5.88. The van der Waals surface area contributed by atoms with Crippen molar-refractivity contribution in [3.8, 4) is 0 Å². The summed E-state index contributed by atoms with van der Waals surface area (Å²) in [6.07, 6.45) is 2.84. The molecule has 2 rings (SSSR count). The Hall–Kier alpha value is -3.37. The molecule has 0 bridgehead atoms. The SMILES string of the molecule is O=C(O)c1cncnc1Cn1cc([N+](=O)[O-])c(=O)[nH]c1=O. The Labute approximate surface area is 114 Å². The van der Waals surface area contributed by atoms with Crippen LogP contribution in [0.3, 0.4) is 0 Å². The molecule has 2 aromatic heterocycles. The lowest BCUT2D eigenvalue weighted by Gasteiger charge is -2.06. The first-order valence-electron chi connectivity index (χ1n) is 5.40. The van der Waals surface area contributed by atoms with E-state index in [4.69, 9.17) is 5.11 Å². The fraction of sp³-hybridized carbons (Fsp3) is 0.100. The number of aromatic nitrogens is 4. The maximum atomic E-state index is 11.6. The number of hydrogen-bond donors (Lipinski definition) is 2. The maximum Gasteiger partial charge on any atom is 0.350 e. The van der Waals surface area contributed by atoms with E-state index < -0.39 is 27.8 Å². The summed E-state index contributed by atoms with van der Waals surface area (Å²) in [5.74, 6) is -1.31. The second-order valence-electron chi connectivity index (χ2n) is 3.85. The molecule has 21 heavy (non-hydrogen) atoms. The summed E-state index contributed by atoms with van der Waals surface area (Å²) in [4.78, 5) is 52.6. The molecule has 0 atom stereocenters. The number of carboxylic acid groups (broad SMARTS) is 1. The molecule has 11 nitrogen and oxygen atoms in total. The first-order valence-corrected chi connectivity index (χ1v) is 5.40. The first-order chi connectivity index (χ1) is 9.90. The lowest BCUT2D eigenvalue weighted by atomic mass is 10.2. The van der Waals surface area contributed by atoms with Gasteiger partial charge >= 0.3 is 22.9 Å². The van der Waals surface area contributed by atoms with Crippen LogP contribution >= 0.6 is 0 Å². The molecule has 0 aliphatic carbocycles. The largest absolute Gasteiger partial charge is 0.478 e. The highest BCUT2D eigenvalue weighted by Gasteiger charge is 2.17. The smallest absolute Gasteiger partial charge is 0.350 e. The third-order valence-electron chi connectivity index (χ3n) is 2.53. The number of H-pyrrole nitrogens is 1. The average Bonchev–Trinajstić information content (AvgIpc) is 2.41. The lowest BCUT2D eigenvalue weighted by Crippen LogP contribution is -2.31. The Morgan fingerprint density at radius 1 is 1.48 bits per heavy atom. The van der Waals surface area contributed by atoms with Gasteiger partial charge in [-0.25, -0.2) is 19.6 Å². The van der Waals surface area contributed by atoms with Gasteiger partial charge in [0.05, 0.1) is 23.4 Å². The highest BCUT2D eigenvalue weighted by Crippen LogP contribution is 2.06. The number of hydrogen-bond acceptors (Lipinski definition) is 7. The molecule has 2 N–H and O–H groups in total. The lowest BCUT2D eigenvalue weighted by molar-refractivity contribution is -0.386. The van der Waals surface area contributed by atoms with Crippen LogP contribution in [0, 0.1) is 10.1 Å². The number of nitro groups is 1. The molecule has 0 fully saturated rings. The van der Waals surface area contributed by atoms with Crippen LogP contribution in [0.1, 0.15) is 16.1 Å². The van der Waals surface area contributed by atoms with Crippen LogP contribution in [0.25, 0.3) is 0 Å². The molecule has 0 unspecified atom stereocenters. The average molecular weight is 293 g/mol. The van der Waals surface area contributed by atoms with Gasteiger partial charge in [-0.1, -0.05) is 0 Å². The van der Waals surface area contributed by atoms with E-state index >= 15 is 0 Å². The van der Waals surface area contributed by atoms with E-state index in [2.05, 4.69) is 9.97 Å². The van der Waals surface area contributed by atoms with Crippen molar-refractivity contribution >= 4 is 11.7 Å². The van der Waals surface area contributed by atoms with Crippen LogP contribution < -0.4 is 11.2 Å². The van der Waals surface area contributed by atoms with E-state index in [-0.39, 0.29) is 17.8 Å². The zero-order valence-electron chi connectivity index (χ0n) is 10.2. The van der Waals surface area contributed by atoms with Crippen molar-refractivity contribution in [2.24, 2.45) is 0 Å². The molecule has 11 heteroatoms. The number of aromatic amines is 1. The van der Waals surface area contributed by atoms with Gasteiger partial charge in [-0.3, -0.25) is 24.5 Å². The Morgan fingerprint density at radius 2 is 2.19 bits per heavy atom. The van der Waals surface area contributed by atoms with Gasteiger partial charge in [0.25, 0.3) is 0 Å². The third kappa shape index (κ3) is 2.80. The van der Waals surface area contributed by atoms with E-state index in [1.165, 1.54) is 0 Å². The molecule has 0 saturated carbocycles. The van der Waals surface area contributed by atoms with Crippen LogP contribution in [0.15, 0.2) is 28.3 Å². The van der Waals surface area contributed by atoms with Gasteiger partial charge in [0.1, 0.15) is 11.9 Å². The highest BCUT2D eigenvalue weighted by atomic mass is 16.6. The van der Waals surface area contributed by atoms with Crippen molar-refractivity contribution in [2.75, 3.05) is 0 Å². The number of aromatic carboxylic acids is 1. The van der Waals surface area contributed by atoms with Crippen LogP contribution in [0.5, 0.6) is 0 Å². The van der Waals surface area contributed by atoms with E-state index in [0.717, 1.165) is 23.3 Å². The van der Waals surface area contributed by atoms with Gasteiger partial charge < -0.3 is 5.11 Å². The summed E-state index contributed by atoms with van der Waals surface area (Å²) in [5.41, 5.74) is -3.16. The minimum absolute atomic E-state index is 0.0269. The Bertz CT molecular complexity index is 838. The number of carboxylic acids is 1. The standard InChI is InChI=1S/C10H7N5O6/c16-8-7(15(20)21)3-14(10(19)13-8)2-6-5(9(17)18)1-11-4-12-6/h1,3-4H,2H2,(H,17,18)(H,13,16,19). The Kier molecular flexibility index (Phi) is 3.56. The van der Waals surface area contributed by atoms with Crippen LogP contribution in [-0.2, 0) is 6.54 Å². The fourth-order valence-corrected chi connectivity index (χ4v) is 1.57. The summed E-state index contributed by atoms with van der Waals surface area (Å²) in [7, 11) is 0. The van der Waals surface area contributed by atoms with Gasteiger partial charge in [-0.05, 0) is 0 Å². The number of nitrogens with one attached hydrogen (secondary N) is 1. The summed E-state index contributed by atoms with van der Waals surface area (Å²) < 4.78 is 0.786. The monoisotopic (exact) mass is 293 g/mol. The van der Waals surface area contributed by atoms with Gasteiger partial charge in [0, 0.05) is 6.20 Å². The van der Waals surface area contributed by atoms with Gasteiger partial charge in [-0.15, -0.1) is 0 Å². The summed E-state index contributed by atoms with van der Waals surface area (Å²) in [6, 6.07) is 0. The second-order valence-corrected chi connectivity index (χ2v) is 3.85. The molecule has 2 aromatic rings. The minimum Gasteiger partial charge on any atom is -0.478 e. The van der Waals surface area contributed by atoms with E-state index in [1.54, 1.807) is 4.98 Å². The zero-order chi connectivity index (χ0) is 15.6. The number of rotatable bonds is 4. The predicted molar refractivity (Wildman–Crippen MR) is 66.1 cm³/mol. The summed E-state index contributed by atoms with van der Waals surface area (Å²) >= 11 is 0. The predicted octanol–water partition coefficient (Wildman–Crippen LogP) is -1.02. The topological polar surface area (TPSA) is 161 Å². The quantitative estimate of drug-likeness (QED) is 0.534. The van der Waals surface area contributed by atoms with Crippen molar-refractivity contribution in [1.82, 2.24) is 19.5 Å². The molecule has 0 aromatic carbocycles. The summed E-state index contributed by atoms with van der Waals surface area (Å²) in [6.45, 7) is -0.361. The normalized spacial score (nSPS) is 10.3. The molecule has 0 radical (unpaired) electrons. The second kappa shape index (κ2) is 5.32. The fourth-order valence-electron chi connectivity index (χ4n) is 1.57. The molecular weight excluding hydrogens is 286 g/mol. The molecule has 0 aliphatic rings. The van der Waals surface area contributed by atoms with Gasteiger partial charge in [-0.2, -0.15) is 0 Å². The van der Waals surface area contributed by atoms with Crippen molar-refractivity contribution < 1.29 is 14.8 Å². The third-order valence-corrected chi connectivity index (χ3v) is 2.53. The molecule has 0 amide bonds. The van der Waals surface area contributed by atoms with E-state index in [9.17, 15) is 24.5 Å². The zero-order valence-corrected chi connectivity index (χ0v) is 10.2. The van der Waals surface area contributed by atoms with Crippen molar-refractivity contribution in [3.63, 3.8) is 0 Å². The minimum atomic E-state index is -1.31. The first kappa shape index (κ1) is 14.0. The van der Waals surface area contributed by atoms with Gasteiger partial charge in [0.2, 0.25) is 0 Å². The van der Waals surface area contributed by atoms with Gasteiger partial charge in [0.15, 0.2) is 0 Å². The number of carbonyl (C=O) groups is 1. The van der Waals surface area contributed by atoms with Crippen molar-refractivity contribution in [1.29, 1.82) is 0 Å². The van der Waals surface area contributed by atoms with Crippen LogP contribution in [0.4, 0.5) is 5.69 Å². The molecule has 2 heterocycles. The van der Waals surface area contributed by atoms with E-state index in [0.29, 0.717) is 0 Å². The maximum absolute atomic E-state index is 11.6. The molecule has 0 aliphatic heterocycles. The molecule has 0 spiro atoms.